The third-order valence-corrected chi connectivity index (χ3v) is 6.63. The zero-order chi connectivity index (χ0) is 24.8. The second-order valence-electron chi connectivity index (χ2n) is 7.29. The topological polar surface area (TPSA) is 81.1 Å². The fraction of sp³-hybridized carbons (Fsp3) is 0.125. The van der Waals surface area contributed by atoms with Crippen LogP contribution in [0.4, 0.5) is 10.5 Å². The third-order valence-electron chi connectivity index (χ3n) is 4.84. The minimum absolute atomic E-state index is 0.0992. The van der Waals surface area contributed by atoms with Gasteiger partial charge in [0.2, 0.25) is 0 Å². The highest BCUT2D eigenvalue weighted by atomic mass is 35.5. The molecule has 0 atom stereocenters. The van der Waals surface area contributed by atoms with Gasteiger partial charge in [-0.3, -0.25) is 4.57 Å². The van der Waals surface area contributed by atoms with Crippen LogP contribution in [0.3, 0.4) is 0 Å². The maximum atomic E-state index is 12.5. The van der Waals surface area contributed by atoms with Crippen molar-refractivity contribution in [2.24, 2.45) is 0 Å². The number of nitrogens with one attached hydrogen (secondary N) is 2. The first-order valence-electron chi connectivity index (χ1n) is 10.4. The van der Waals surface area contributed by atoms with E-state index in [1.807, 2.05) is 24.3 Å². The number of methoxy groups -OCH3 is 1. The fourth-order valence-corrected chi connectivity index (χ4v) is 4.68. The Morgan fingerprint density at radius 3 is 2.60 bits per heavy atom. The molecule has 0 unspecified atom stereocenters. The van der Waals surface area contributed by atoms with Gasteiger partial charge in [0.25, 0.3) is 0 Å². The van der Waals surface area contributed by atoms with E-state index in [0.717, 1.165) is 11.3 Å². The van der Waals surface area contributed by atoms with Crippen molar-refractivity contribution < 1.29 is 9.53 Å². The quantitative estimate of drug-likeness (QED) is 0.235. The number of carbonyl (C=O) groups is 1. The number of benzene rings is 3. The van der Waals surface area contributed by atoms with Gasteiger partial charge in [0.15, 0.2) is 11.0 Å². The van der Waals surface area contributed by atoms with Gasteiger partial charge in [-0.15, -0.1) is 10.2 Å². The monoisotopic (exact) mass is 547 g/mol. The minimum atomic E-state index is -0.412. The molecule has 0 saturated carbocycles. The van der Waals surface area contributed by atoms with E-state index in [9.17, 15) is 4.79 Å². The Hall–Kier alpha value is -2.91. The highest BCUT2D eigenvalue weighted by Crippen LogP contribution is 2.31. The lowest BCUT2D eigenvalue weighted by molar-refractivity contribution is 0.251. The molecule has 0 spiro atoms. The van der Waals surface area contributed by atoms with E-state index in [0.29, 0.717) is 43.2 Å². The molecule has 2 N–H and O–H groups in total. The third kappa shape index (κ3) is 6.61. The molecule has 11 heteroatoms. The lowest BCUT2D eigenvalue weighted by atomic mass is 10.2. The number of amides is 2. The molecule has 35 heavy (non-hydrogen) atoms. The van der Waals surface area contributed by atoms with E-state index in [4.69, 9.17) is 39.5 Å². The van der Waals surface area contributed by atoms with Crippen molar-refractivity contribution in [3.63, 3.8) is 0 Å². The molecule has 180 valence electrons. The molecule has 0 bridgehead atoms. The van der Waals surface area contributed by atoms with Crippen LogP contribution in [0.25, 0.3) is 5.69 Å². The van der Waals surface area contributed by atoms with Crippen molar-refractivity contribution in [1.82, 2.24) is 20.1 Å². The van der Waals surface area contributed by atoms with Crippen molar-refractivity contribution in [2.75, 3.05) is 12.4 Å². The molecule has 0 aliphatic rings. The zero-order valence-electron chi connectivity index (χ0n) is 18.5. The van der Waals surface area contributed by atoms with E-state index in [1.54, 1.807) is 54.1 Å². The second kappa shape index (κ2) is 11.7. The molecule has 1 heterocycles. The Bertz CT molecular complexity index is 1350. The van der Waals surface area contributed by atoms with Gasteiger partial charge in [-0.05, 0) is 54.1 Å². The van der Waals surface area contributed by atoms with E-state index >= 15 is 0 Å². The Kier molecular flexibility index (Phi) is 8.41. The van der Waals surface area contributed by atoms with E-state index in [1.165, 1.54) is 11.8 Å². The Labute approximate surface area is 221 Å². The Morgan fingerprint density at radius 1 is 1.00 bits per heavy atom. The van der Waals surface area contributed by atoms with Gasteiger partial charge in [-0.25, -0.2) is 4.79 Å². The van der Waals surface area contributed by atoms with Gasteiger partial charge in [0, 0.05) is 21.5 Å². The normalized spacial score (nSPS) is 10.7. The molecule has 0 radical (unpaired) electrons. The summed E-state index contributed by atoms with van der Waals surface area (Å²) in [7, 11) is 1.63. The first-order chi connectivity index (χ1) is 16.9. The maximum absolute atomic E-state index is 12.5. The number of carbonyl (C=O) groups excluding carboxylic acids is 1. The number of nitrogens with zero attached hydrogens (tertiary/aromatic N) is 3. The van der Waals surface area contributed by atoms with Crippen molar-refractivity contribution in [3.05, 3.63) is 93.2 Å². The van der Waals surface area contributed by atoms with Crippen LogP contribution >= 0.6 is 46.6 Å². The first-order valence-corrected chi connectivity index (χ1v) is 12.5. The van der Waals surface area contributed by atoms with E-state index in [-0.39, 0.29) is 6.54 Å². The van der Waals surface area contributed by atoms with Gasteiger partial charge in [0.05, 0.1) is 24.4 Å². The van der Waals surface area contributed by atoms with Gasteiger partial charge < -0.3 is 15.4 Å². The molecule has 7 nitrogen and oxygen atoms in total. The number of hydrogen-bond acceptors (Lipinski definition) is 5. The van der Waals surface area contributed by atoms with Crippen molar-refractivity contribution in [3.8, 4) is 11.4 Å². The van der Waals surface area contributed by atoms with Gasteiger partial charge in [-0.2, -0.15) is 0 Å². The summed E-state index contributed by atoms with van der Waals surface area (Å²) in [4.78, 5) is 12.5. The van der Waals surface area contributed by atoms with Crippen LogP contribution in [-0.2, 0) is 12.3 Å². The number of aromatic nitrogens is 3. The predicted octanol–water partition coefficient (Wildman–Crippen LogP) is 6.85. The SMILES string of the molecule is COc1cccc(CSc2nnc(CNC(=O)Nc3cccc(Cl)c3)n2-c2cc(Cl)ccc2Cl)c1. The Morgan fingerprint density at radius 2 is 1.80 bits per heavy atom. The number of halogens is 3. The summed E-state index contributed by atoms with van der Waals surface area (Å²) in [6, 6.07) is 19.4. The second-order valence-corrected chi connectivity index (χ2v) is 9.51. The molecule has 0 aliphatic carbocycles. The summed E-state index contributed by atoms with van der Waals surface area (Å²) in [6.45, 7) is 0.0992. The molecule has 0 aliphatic heterocycles. The average molecular weight is 549 g/mol. The summed E-state index contributed by atoms with van der Waals surface area (Å²) >= 11 is 20.2. The number of urea groups is 1. The smallest absolute Gasteiger partial charge is 0.319 e. The molecular formula is C24H20Cl3N5O2S. The highest BCUT2D eigenvalue weighted by Gasteiger charge is 2.18. The van der Waals surface area contributed by atoms with Crippen LogP contribution in [0.2, 0.25) is 15.1 Å². The number of hydrogen-bond donors (Lipinski definition) is 2. The van der Waals surface area contributed by atoms with Crippen molar-refractivity contribution >= 4 is 58.3 Å². The molecule has 1 aromatic heterocycles. The van der Waals surface area contributed by atoms with Crippen LogP contribution in [0.5, 0.6) is 5.75 Å². The molecule has 3 aromatic carbocycles. The van der Waals surface area contributed by atoms with Gasteiger partial charge >= 0.3 is 6.03 Å². The molecule has 4 aromatic rings. The van der Waals surface area contributed by atoms with E-state index in [2.05, 4.69) is 20.8 Å². The number of rotatable bonds is 8. The van der Waals surface area contributed by atoms with Crippen LogP contribution in [0, 0.1) is 0 Å². The summed E-state index contributed by atoms with van der Waals surface area (Å²) in [5, 5.41) is 16.3. The molecule has 4 rings (SSSR count). The molecular weight excluding hydrogens is 529 g/mol. The number of ether oxygens (including phenoxy) is 1. The number of thioether (sulfide) groups is 1. The fourth-order valence-electron chi connectivity index (χ4n) is 3.22. The summed E-state index contributed by atoms with van der Waals surface area (Å²) in [5.41, 5.74) is 2.25. The first kappa shape index (κ1) is 25.2. The van der Waals surface area contributed by atoms with Crippen LogP contribution in [-0.4, -0.2) is 27.9 Å². The lowest BCUT2D eigenvalue weighted by Crippen LogP contribution is -2.29. The summed E-state index contributed by atoms with van der Waals surface area (Å²) in [5.74, 6) is 1.89. The average Bonchev–Trinajstić information content (AvgIpc) is 3.25. The van der Waals surface area contributed by atoms with Crippen LogP contribution < -0.4 is 15.4 Å². The number of anilines is 1. The summed E-state index contributed by atoms with van der Waals surface area (Å²) in [6.07, 6.45) is 0. The van der Waals surface area contributed by atoms with E-state index < -0.39 is 6.03 Å². The largest absolute Gasteiger partial charge is 0.497 e. The summed E-state index contributed by atoms with van der Waals surface area (Å²) < 4.78 is 7.10. The van der Waals surface area contributed by atoms with Gasteiger partial charge in [0.1, 0.15) is 5.75 Å². The predicted molar refractivity (Wildman–Crippen MR) is 141 cm³/mol. The van der Waals surface area contributed by atoms with Gasteiger partial charge in [-0.1, -0.05) is 64.8 Å². The minimum Gasteiger partial charge on any atom is -0.497 e. The van der Waals surface area contributed by atoms with Crippen molar-refractivity contribution in [2.45, 2.75) is 17.5 Å². The Balaban J connectivity index is 1.56. The highest BCUT2D eigenvalue weighted by molar-refractivity contribution is 7.98. The standard InChI is InChI=1S/C24H20Cl3N5O2S/c1-34-19-7-2-4-15(10-19)14-35-24-31-30-22(32(24)21-12-17(26)8-9-20(21)27)13-28-23(33)29-18-6-3-5-16(25)11-18/h2-12H,13-14H2,1H3,(H2,28,29,33). The lowest BCUT2D eigenvalue weighted by Gasteiger charge is -2.13. The van der Waals surface area contributed by atoms with Crippen molar-refractivity contribution in [1.29, 1.82) is 0 Å². The zero-order valence-corrected chi connectivity index (χ0v) is 21.5. The molecule has 2 amide bonds. The molecule has 0 saturated heterocycles. The maximum Gasteiger partial charge on any atom is 0.319 e. The molecule has 0 fully saturated rings. The van der Waals surface area contributed by atoms with Crippen LogP contribution in [0.1, 0.15) is 11.4 Å². The van der Waals surface area contributed by atoms with Crippen LogP contribution in [0.15, 0.2) is 71.9 Å².